The van der Waals surface area contributed by atoms with Crippen molar-refractivity contribution in [1.82, 2.24) is 29.8 Å². The van der Waals surface area contributed by atoms with Gasteiger partial charge < -0.3 is 9.84 Å². The van der Waals surface area contributed by atoms with Crippen molar-refractivity contribution in [3.8, 4) is 17.2 Å². The van der Waals surface area contributed by atoms with Crippen molar-refractivity contribution in [3.63, 3.8) is 0 Å². The van der Waals surface area contributed by atoms with Crippen molar-refractivity contribution in [2.45, 2.75) is 39.2 Å². The van der Waals surface area contributed by atoms with E-state index in [1.54, 1.807) is 0 Å². The van der Waals surface area contributed by atoms with Gasteiger partial charge in [0.2, 0.25) is 17.6 Å². The number of amides is 1. The molecule has 0 saturated heterocycles. The minimum Gasteiger partial charge on any atom is -0.354 e. The van der Waals surface area contributed by atoms with Gasteiger partial charge in [-0.25, -0.2) is 9.18 Å². The van der Waals surface area contributed by atoms with E-state index in [-0.39, 0.29) is 47.9 Å². The highest BCUT2D eigenvalue weighted by atomic mass is 19.1. The van der Waals surface area contributed by atoms with Gasteiger partial charge in [0, 0.05) is 25.9 Å². The third-order valence-electron chi connectivity index (χ3n) is 4.51. The summed E-state index contributed by atoms with van der Waals surface area (Å²) in [5.41, 5.74) is -1.36. The first-order valence-corrected chi connectivity index (χ1v) is 9.38. The van der Waals surface area contributed by atoms with Gasteiger partial charge in [-0.05, 0) is 37.6 Å². The summed E-state index contributed by atoms with van der Waals surface area (Å²) in [5.74, 6) is -0.573. The zero-order valence-electron chi connectivity index (χ0n) is 16.8. The van der Waals surface area contributed by atoms with Crippen LogP contribution in [-0.4, -0.2) is 36.4 Å². The number of hydrogen-bond acceptors (Lipinski definition) is 7. The van der Waals surface area contributed by atoms with Crippen LogP contribution in [0.25, 0.3) is 17.2 Å². The first-order valence-electron chi connectivity index (χ1n) is 9.38. The Morgan fingerprint density at radius 3 is 2.63 bits per heavy atom. The van der Waals surface area contributed by atoms with Gasteiger partial charge in [0.1, 0.15) is 5.82 Å². The van der Waals surface area contributed by atoms with Crippen molar-refractivity contribution in [1.29, 1.82) is 0 Å². The summed E-state index contributed by atoms with van der Waals surface area (Å²) < 4.78 is 20.1. The summed E-state index contributed by atoms with van der Waals surface area (Å²) in [4.78, 5) is 40.9. The number of hydrogen-bond donors (Lipinski definition) is 1. The van der Waals surface area contributed by atoms with Crippen molar-refractivity contribution < 1.29 is 13.7 Å². The van der Waals surface area contributed by atoms with E-state index >= 15 is 0 Å². The van der Waals surface area contributed by atoms with Gasteiger partial charge in [0.15, 0.2) is 5.69 Å². The molecule has 0 fully saturated rings. The summed E-state index contributed by atoms with van der Waals surface area (Å²) >= 11 is 0. The molecule has 0 radical (unpaired) electrons. The quantitative estimate of drug-likeness (QED) is 0.608. The van der Waals surface area contributed by atoms with Crippen LogP contribution < -0.4 is 16.6 Å². The number of benzene rings is 1. The topological polar surface area (TPSA) is 125 Å². The average molecular weight is 416 g/mol. The standard InChI is InChI=1S/C19H21FN6O4/c1-4-11(2)21-14(27)9-10-15-22-17(24-30-15)16-18(28)25(3)19(29)26(23-16)13-7-5-12(20)6-8-13/h5-8,11H,4,9-10H2,1-3H3,(H,21,27)/t11-/m1/s1. The molecule has 0 aliphatic carbocycles. The summed E-state index contributed by atoms with van der Waals surface area (Å²) in [7, 11) is 1.29. The van der Waals surface area contributed by atoms with Crippen LogP contribution in [0.15, 0.2) is 38.4 Å². The maximum atomic E-state index is 13.2. The summed E-state index contributed by atoms with van der Waals surface area (Å²) in [6.07, 6.45) is 1.15. The Hall–Kier alpha value is -3.63. The number of aryl methyl sites for hydroxylation is 1. The Morgan fingerprint density at radius 1 is 1.27 bits per heavy atom. The molecule has 30 heavy (non-hydrogen) atoms. The van der Waals surface area contributed by atoms with Crippen LogP contribution in [0.5, 0.6) is 0 Å². The molecule has 2 aromatic heterocycles. The van der Waals surface area contributed by atoms with Crippen LogP contribution in [0.2, 0.25) is 0 Å². The molecule has 0 bridgehead atoms. The molecule has 10 nitrogen and oxygen atoms in total. The lowest BCUT2D eigenvalue weighted by Crippen LogP contribution is -2.40. The molecule has 3 rings (SSSR count). The molecule has 1 N–H and O–H groups in total. The molecular weight excluding hydrogens is 395 g/mol. The molecule has 0 saturated carbocycles. The molecule has 3 aromatic rings. The molecule has 0 aliphatic rings. The predicted octanol–water partition coefficient (Wildman–Crippen LogP) is 0.968. The van der Waals surface area contributed by atoms with Crippen molar-refractivity contribution in [2.24, 2.45) is 7.05 Å². The first kappa shape index (κ1) is 21.1. The third kappa shape index (κ3) is 4.50. The fourth-order valence-corrected chi connectivity index (χ4v) is 2.59. The third-order valence-corrected chi connectivity index (χ3v) is 4.51. The maximum absolute atomic E-state index is 13.2. The summed E-state index contributed by atoms with van der Waals surface area (Å²) in [6, 6.07) is 5.12. The minimum atomic E-state index is -0.708. The summed E-state index contributed by atoms with van der Waals surface area (Å²) in [6.45, 7) is 3.87. The number of aromatic nitrogens is 5. The second-order valence-corrected chi connectivity index (χ2v) is 6.77. The average Bonchev–Trinajstić information content (AvgIpc) is 3.20. The van der Waals surface area contributed by atoms with Crippen LogP contribution in [-0.2, 0) is 18.3 Å². The van der Waals surface area contributed by atoms with Crippen molar-refractivity contribution in [3.05, 3.63) is 56.8 Å². The van der Waals surface area contributed by atoms with Crippen LogP contribution in [0, 0.1) is 5.82 Å². The SMILES string of the molecule is CC[C@@H](C)NC(=O)CCc1nc(-c2nn(-c3ccc(F)cc3)c(=O)n(C)c2=O)no1. The highest BCUT2D eigenvalue weighted by Gasteiger charge is 2.19. The first-order chi connectivity index (χ1) is 14.3. The Morgan fingerprint density at radius 2 is 1.97 bits per heavy atom. The van der Waals surface area contributed by atoms with E-state index in [1.807, 2.05) is 13.8 Å². The highest BCUT2D eigenvalue weighted by molar-refractivity contribution is 5.76. The highest BCUT2D eigenvalue weighted by Crippen LogP contribution is 2.11. The lowest BCUT2D eigenvalue weighted by molar-refractivity contribution is -0.121. The van der Waals surface area contributed by atoms with Gasteiger partial charge in [0.25, 0.3) is 5.56 Å². The van der Waals surface area contributed by atoms with Gasteiger partial charge in [0.05, 0.1) is 5.69 Å². The van der Waals surface area contributed by atoms with Crippen molar-refractivity contribution >= 4 is 5.91 Å². The zero-order valence-corrected chi connectivity index (χ0v) is 16.8. The van der Waals surface area contributed by atoms with E-state index in [0.29, 0.717) is 0 Å². The fraction of sp³-hybridized carbons (Fsp3) is 0.368. The molecular formula is C19H21FN6O4. The summed E-state index contributed by atoms with van der Waals surface area (Å²) in [5, 5.41) is 10.6. The number of carbonyl (C=O) groups is 1. The van der Waals surface area contributed by atoms with E-state index in [2.05, 4.69) is 20.6 Å². The molecule has 0 spiro atoms. The van der Waals surface area contributed by atoms with Crippen LogP contribution in [0.4, 0.5) is 4.39 Å². The van der Waals surface area contributed by atoms with Gasteiger partial charge >= 0.3 is 5.69 Å². The number of carbonyl (C=O) groups excluding carboxylic acids is 1. The molecule has 158 valence electrons. The maximum Gasteiger partial charge on any atom is 0.351 e. The molecule has 0 aliphatic heterocycles. The van der Waals surface area contributed by atoms with E-state index in [9.17, 15) is 18.8 Å². The minimum absolute atomic E-state index is 0.0653. The van der Waals surface area contributed by atoms with Gasteiger partial charge in [-0.15, -0.1) is 0 Å². The Kier molecular flexibility index (Phi) is 6.19. The molecule has 1 aromatic carbocycles. The molecule has 1 amide bonds. The van der Waals surface area contributed by atoms with Crippen LogP contribution >= 0.6 is 0 Å². The number of rotatable bonds is 7. The van der Waals surface area contributed by atoms with Crippen molar-refractivity contribution in [2.75, 3.05) is 0 Å². The fourth-order valence-electron chi connectivity index (χ4n) is 2.59. The Bertz CT molecular complexity index is 1170. The largest absolute Gasteiger partial charge is 0.354 e. The second-order valence-electron chi connectivity index (χ2n) is 6.77. The normalized spacial score (nSPS) is 12.0. The Balaban J connectivity index is 1.88. The number of nitrogens with zero attached hydrogens (tertiary/aromatic N) is 5. The number of halogens is 1. The van der Waals surface area contributed by atoms with Crippen LogP contribution in [0.1, 0.15) is 32.6 Å². The monoisotopic (exact) mass is 416 g/mol. The predicted molar refractivity (Wildman–Crippen MR) is 105 cm³/mol. The van der Waals surface area contributed by atoms with E-state index in [1.165, 1.54) is 31.3 Å². The van der Waals surface area contributed by atoms with Crippen LogP contribution in [0.3, 0.4) is 0 Å². The lowest BCUT2D eigenvalue weighted by Gasteiger charge is -2.10. The zero-order chi connectivity index (χ0) is 21.8. The molecule has 2 heterocycles. The second kappa shape index (κ2) is 8.80. The lowest BCUT2D eigenvalue weighted by atomic mass is 10.2. The molecule has 1 atom stereocenters. The smallest absolute Gasteiger partial charge is 0.351 e. The van der Waals surface area contributed by atoms with E-state index in [0.717, 1.165) is 15.7 Å². The van der Waals surface area contributed by atoms with Gasteiger partial charge in [-0.1, -0.05) is 12.1 Å². The van der Waals surface area contributed by atoms with E-state index in [4.69, 9.17) is 4.52 Å². The molecule has 0 unspecified atom stereocenters. The van der Waals surface area contributed by atoms with Gasteiger partial charge in [-0.3, -0.25) is 14.2 Å². The molecule has 11 heteroatoms. The Labute approximate surface area is 170 Å². The van der Waals surface area contributed by atoms with E-state index < -0.39 is 17.1 Å². The number of nitrogens with one attached hydrogen (secondary N) is 1. The van der Waals surface area contributed by atoms with Gasteiger partial charge in [-0.2, -0.15) is 14.8 Å².